The second kappa shape index (κ2) is 7.82. The number of rotatable bonds is 5. The number of anilines is 1. The number of carbonyl (C=O) groups excluding carboxylic acids is 1. The first-order valence-electron chi connectivity index (χ1n) is 8.82. The molecule has 0 spiro atoms. The largest absolute Gasteiger partial charge is 0.378 e. The van der Waals surface area contributed by atoms with E-state index in [0.717, 1.165) is 24.8 Å². The Morgan fingerprint density at radius 3 is 2.86 bits per heavy atom. The molecule has 2 heterocycles. The van der Waals surface area contributed by atoms with Gasteiger partial charge in [0.2, 0.25) is 11.6 Å². The number of benzene rings is 1. The van der Waals surface area contributed by atoms with Crippen molar-refractivity contribution in [1.82, 2.24) is 30.7 Å². The molecule has 28 heavy (non-hydrogen) atoms. The smallest absolute Gasteiger partial charge is 0.292 e. The lowest BCUT2D eigenvalue weighted by atomic mass is 9.96. The average molecular weight is 378 g/mol. The molecule has 0 bridgehead atoms. The molecule has 1 aromatic carbocycles. The molecule has 10 heteroatoms. The highest BCUT2D eigenvalue weighted by molar-refractivity contribution is 5.99. The lowest BCUT2D eigenvalue weighted by Crippen LogP contribution is -2.23. The summed E-state index contributed by atoms with van der Waals surface area (Å²) in [5.41, 5.74) is 9.54. The van der Waals surface area contributed by atoms with Gasteiger partial charge >= 0.3 is 0 Å². The fraction of sp³-hybridized carbons (Fsp3) is 0.222. The average Bonchev–Trinajstić information content (AvgIpc) is 3.35. The zero-order valence-corrected chi connectivity index (χ0v) is 14.9. The van der Waals surface area contributed by atoms with Crippen LogP contribution in [0.5, 0.6) is 0 Å². The van der Waals surface area contributed by atoms with Crippen LogP contribution in [0.15, 0.2) is 52.2 Å². The van der Waals surface area contributed by atoms with E-state index in [9.17, 15) is 4.79 Å². The molecule has 3 N–H and O–H groups in total. The van der Waals surface area contributed by atoms with Crippen LogP contribution >= 0.6 is 0 Å². The molecule has 0 unspecified atom stereocenters. The number of hydrazone groups is 1. The van der Waals surface area contributed by atoms with Gasteiger partial charge in [0.25, 0.3) is 5.91 Å². The van der Waals surface area contributed by atoms with E-state index in [4.69, 9.17) is 5.73 Å². The zero-order valence-electron chi connectivity index (χ0n) is 14.9. The van der Waals surface area contributed by atoms with Gasteiger partial charge in [-0.05, 0) is 35.5 Å². The van der Waals surface area contributed by atoms with Gasteiger partial charge in [-0.15, -0.1) is 5.10 Å². The minimum atomic E-state index is -0.492. The molecule has 142 valence electrons. The maximum atomic E-state index is 12.9. The molecular weight excluding hydrogens is 360 g/mol. The lowest BCUT2D eigenvalue weighted by Gasteiger charge is -2.11. The van der Waals surface area contributed by atoms with Gasteiger partial charge in [-0.1, -0.05) is 47.7 Å². The molecule has 1 amide bonds. The van der Waals surface area contributed by atoms with Crippen molar-refractivity contribution in [3.8, 4) is 17.1 Å². The minimum Gasteiger partial charge on any atom is -0.378 e. The molecule has 1 atom stereocenters. The van der Waals surface area contributed by atoms with E-state index >= 15 is 0 Å². The van der Waals surface area contributed by atoms with E-state index in [1.54, 1.807) is 6.21 Å². The first-order chi connectivity index (χ1) is 13.7. The maximum Gasteiger partial charge on any atom is 0.292 e. The van der Waals surface area contributed by atoms with Crippen LogP contribution < -0.4 is 11.2 Å². The standard InChI is InChI=1S/C18H18N8O2/c19-16-17(24-28-23-16)26-15(14(21-25-26)13-9-5-2-6-10-13)18(27)22-20-11-12-7-3-1-4-8-12/h1-3,5-6,9-12H,4,7-8H2,(H2,19,23)(H,22,27)/b20-11-/t12-/m0/s1. The van der Waals surface area contributed by atoms with Crippen molar-refractivity contribution in [2.75, 3.05) is 5.73 Å². The summed E-state index contributed by atoms with van der Waals surface area (Å²) in [7, 11) is 0. The third-order valence-corrected chi connectivity index (χ3v) is 4.39. The first-order valence-corrected chi connectivity index (χ1v) is 8.82. The number of carbonyl (C=O) groups is 1. The number of allylic oxidation sites excluding steroid dienone is 2. The third-order valence-electron chi connectivity index (χ3n) is 4.39. The highest BCUT2D eigenvalue weighted by atomic mass is 16.6. The predicted molar refractivity (Wildman–Crippen MR) is 102 cm³/mol. The van der Waals surface area contributed by atoms with Crippen molar-refractivity contribution >= 4 is 17.9 Å². The van der Waals surface area contributed by atoms with E-state index in [1.165, 1.54) is 4.68 Å². The fourth-order valence-electron chi connectivity index (χ4n) is 2.97. The quantitative estimate of drug-likeness (QED) is 0.393. The number of amides is 1. The summed E-state index contributed by atoms with van der Waals surface area (Å²) >= 11 is 0. The second-order valence-corrected chi connectivity index (χ2v) is 6.30. The SMILES string of the molecule is Nc1nonc1-n1nnc(-c2ccccc2)c1C(=O)N/N=C\[C@H]1CC=CCC1. The number of hydrogen-bond donors (Lipinski definition) is 2. The molecule has 0 aliphatic heterocycles. The van der Waals surface area contributed by atoms with Crippen molar-refractivity contribution in [2.45, 2.75) is 19.3 Å². The Hall–Kier alpha value is -3.82. The minimum absolute atomic E-state index is 0.00365. The van der Waals surface area contributed by atoms with Gasteiger partial charge in [-0.25, -0.2) is 10.1 Å². The summed E-state index contributed by atoms with van der Waals surface area (Å²) < 4.78 is 5.83. The summed E-state index contributed by atoms with van der Waals surface area (Å²) in [5, 5.41) is 19.5. The summed E-state index contributed by atoms with van der Waals surface area (Å²) in [5.74, 6) is -0.108. The summed E-state index contributed by atoms with van der Waals surface area (Å²) in [4.78, 5) is 12.9. The normalized spacial score (nSPS) is 16.5. The van der Waals surface area contributed by atoms with Crippen LogP contribution in [0.3, 0.4) is 0 Å². The molecule has 1 aliphatic carbocycles. The van der Waals surface area contributed by atoms with Crippen LogP contribution in [0, 0.1) is 5.92 Å². The van der Waals surface area contributed by atoms with Crippen molar-refractivity contribution < 1.29 is 9.42 Å². The highest BCUT2D eigenvalue weighted by Crippen LogP contribution is 2.24. The highest BCUT2D eigenvalue weighted by Gasteiger charge is 2.25. The number of nitrogens with one attached hydrogen (secondary N) is 1. The van der Waals surface area contributed by atoms with Gasteiger partial charge in [-0.2, -0.15) is 9.78 Å². The molecule has 0 saturated heterocycles. The lowest BCUT2D eigenvalue weighted by molar-refractivity contribution is 0.0947. The van der Waals surface area contributed by atoms with Crippen LogP contribution in [0.4, 0.5) is 5.82 Å². The number of nitrogens with zero attached hydrogens (tertiary/aromatic N) is 6. The Kier molecular flexibility index (Phi) is 4.91. The number of nitrogen functional groups attached to an aromatic ring is 1. The molecule has 0 radical (unpaired) electrons. The monoisotopic (exact) mass is 378 g/mol. The Labute approximate surface area is 160 Å². The van der Waals surface area contributed by atoms with Crippen LogP contribution in [-0.4, -0.2) is 37.4 Å². The van der Waals surface area contributed by atoms with Gasteiger partial charge in [-0.3, -0.25) is 4.79 Å². The summed E-state index contributed by atoms with van der Waals surface area (Å²) in [6.07, 6.45) is 8.95. The Morgan fingerprint density at radius 2 is 2.14 bits per heavy atom. The molecule has 2 aromatic heterocycles. The second-order valence-electron chi connectivity index (χ2n) is 6.30. The van der Waals surface area contributed by atoms with E-state index in [-0.39, 0.29) is 17.3 Å². The first kappa shape index (κ1) is 17.6. The molecular formula is C18H18N8O2. The number of nitrogens with two attached hydrogens (primary N) is 1. The van der Waals surface area contributed by atoms with Crippen LogP contribution in [0.25, 0.3) is 17.1 Å². The van der Waals surface area contributed by atoms with Gasteiger partial charge in [0.1, 0.15) is 5.69 Å². The summed E-state index contributed by atoms with van der Waals surface area (Å²) in [6, 6.07) is 9.21. The number of hydrogen-bond acceptors (Lipinski definition) is 8. The van der Waals surface area contributed by atoms with E-state index < -0.39 is 5.91 Å². The van der Waals surface area contributed by atoms with Crippen molar-refractivity contribution in [3.05, 3.63) is 48.2 Å². The topological polar surface area (TPSA) is 137 Å². The molecule has 0 fully saturated rings. The molecule has 10 nitrogen and oxygen atoms in total. The Morgan fingerprint density at radius 1 is 1.29 bits per heavy atom. The third kappa shape index (κ3) is 3.52. The van der Waals surface area contributed by atoms with Crippen molar-refractivity contribution in [3.63, 3.8) is 0 Å². The zero-order chi connectivity index (χ0) is 19.3. The van der Waals surface area contributed by atoms with Crippen LogP contribution in [-0.2, 0) is 0 Å². The maximum absolute atomic E-state index is 12.9. The van der Waals surface area contributed by atoms with E-state index in [1.807, 2.05) is 30.3 Å². The van der Waals surface area contributed by atoms with Crippen molar-refractivity contribution in [2.24, 2.45) is 11.0 Å². The molecule has 0 saturated carbocycles. The van der Waals surface area contributed by atoms with E-state index in [0.29, 0.717) is 11.6 Å². The molecule has 1 aliphatic rings. The number of aromatic nitrogens is 5. The Balaban J connectivity index is 1.66. The Bertz CT molecular complexity index is 1020. The summed E-state index contributed by atoms with van der Waals surface area (Å²) in [6.45, 7) is 0. The fourth-order valence-corrected chi connectivity index (χ4v) is 2.97. The van der Waals surface area contributed by atoms with Gasteiger partial charge in [0.05, 0.1) is 0 Å². The molecule has 3 aromatic rings. The van der Waals surface area contributed by atoms with Gasteiger partial charge in [0.15, 0.2) is 5.69 Å². The van der Waals surface area contributed by atoms with Crippen LogP contribution in [0.2, 0.25) is 0 Å². The van der Waals surface area contributed by atoms with Crippen LogP contribution in [0.1, 0.15) is 29.8 Å². The predicted octanol–water partition coefficient (Wildman–Crippen LogP) is 1.97. The van der Waals surface area contributed by atoms with Crippen molar-refractivity contribution in [1.29, 1.82) is 0 Å². The molecule has 4 rings (SSSR count). The van der Waals surface area contributed by atoms with Gasteiger partial charge in [0, 0.05) is 11.8 Å². The van der Waals surface area contributed by atoms with E-state index in [2.05, 4.69) is 47.9 Å². The van der Waals surface area contributed by atoms with Gasteiger partial charge < -0.3 is 5.73 Å².